The highest BCUT2D eigenvalue weighted by Gasteiger charge is 2.22. The van der Waals surface area contributed by atoms with Crippen LogP contribution in [0.3, 0.4) is 0 Å². The quantitative estimate of drug-likeness (QED) is 0.861. The third kappa shape index (κ3) is 2.04. The molecule has 0 aromatic heterocycles. The molecule has 0 heterocycles. The molecule has 4 nitrogen and oxygen atoms in total. The van der Waals surface area contributed by atoms with E-state index in [0.717, 1.165) is 0 Å². The monoisotopic (exact) mass is 263 g/mol. The first kappa shape index (κ1) is 12.4. The van der Waals surface area contributed by atoms with Crippen LogP contribution in [0, 0.1) is 0 Å². The van der Waals surface area contributed by atoms with E-state index in [1.807, 2.05) is 0 Å². The zero-order valence-electron chi connectivity index (χ0n) is 9.83. The molecule has 5 heteroatoms. The van der Waals surface area contributed by atoms with Crippen molar-refractivity contribution in [3.05, 3.63) is 48.5 Å². The van der Waals surface area contributed by atoms with Crippen LogP contribution in [0.2, 0.25) is 0 Å². The third-order valence-electron chi connectivity index (χ3n) is 2.56. The molecule has 0 fully saturated rings. The zero-order valence-corrected chi connectivity index (χ0v) is 10.6. The molecule has 94 valence electrons. The number of methoxy groups -OCH3 is 1. The van der Waals surface area contributed by atoms with Crippen molar-refractivity contribution in [2.45, 2.75) is 9.79 Å². The van der Waals surface area contributed by atoms with Gasteiger partial charge in [0.2, 0.25) is 9.84 Å². The van der Waals surface area contributed by atoms with E-state index in [9.17, 15) is 8.42 Å². The van der Waals surface area contributed by atoms with E-state index in [1.165, 1.54) is 25.3 Å². The van der Waals surface area contributed by atoms with Crippen LogP contribution in [0.5, 0.6) is 5.75 Å². The number of ether oxygens (including phenoxy) is 1. The lowest BCUT2D eigenvalue weighted by atomic mass is 10.3. The Bertz CT molecular complexity index is 651. The second-order valence-corrected chi connectivity index (χ2v) is 5.61. The van der Waals surface area contributed by atoms with E-state index in [-0.39, 0.29) is 15.5 Å². The second-order valence-electron chi connectivity index (χ2n) is 3.70. The molecule has 0 radical (unpaired) electrons. The number of sulfone groups is 1. The summed E-state index contributed by atoms with van der Waals surface area (Å²) in [5.74, 6) is 0.182. The van der Waals surface area contributed by atoms with E-state index in [4.69, 9.17) is 10.5 Å². The highest BCUT2D eigenvalue weighted by atomic mass is 32.2. The van der Waals surface area contributed by atoms with Crippen LogP contribution in [0.15, 0.2) is 58.3 Å². The van der Waals surface area contributed by atoms with Crippen molar-refractivity contribution in [3.8, 4) is 5.75 Å². The van der Waals surface area contributed by atoms with Gasteiger partial charge in [0.05, 0.1) is 17.7 Å². The Hall–Kier alpha value is -2.01. The van der Waals surface area contributed by atoms with Crippen LogP contribution in [-0.2, 0) is 9.84 Å². The third-order valence-corrected chi connectivity index (χ3v) is 4.35. The standard InChI is InChI=1S/C13H13NO3S/c1-17-13-11(14)8-5-9-12(13)18(15,16)10-6-3-2-4-7-10/h2-9H,14H2,1H3. The summed E-state index contributed by atoms with van der Waals surface area (Å²) in [6, 6.07) is 12.9. The van der Waals surface area contributed by atoms with Crippen molar-refractivity contribution in [3.63, 3.8) is 0 Å². The number of hydrogen-bond donors (Lipinski definition) is 1. The van der Waals surface area contributed by atoms with Crippen molar-refractivity contribution in [1.29, 1.82) is 0 Å². The summed E-state index contributed by atoms with van der Waals surface area (Å²) >= 11 is 0. The van der Waals surface area contributed by atoms with Gasteiger partial charge in [-0.3, -0.25) is 0 Å². The van der Waals surface area contributed by atoms with Gasteiger partial charge in [-0.15, -0.1) is 0 Å². The normalized spacial score (nSPS) is 11.2. The van der Waals surface area contributed by atoms with E-state index >= 15 is 0 Å². The van der Waals surface area contributed by atoms with Gasteiger partial charge < -0.3 is 10.5 Å². The molecule has 0 spiro atoms. The Morgan fingerprint density at radius 1 is 1.00 bits per heavy atom. The molecule has 0 saturated carbocycles. The van der Waals surface area contributed by atoms with Crippen LogP contribution >= 0.6 is 0 Å². The number of hydrogen-bond acceptors (Lipinski definition) is 4. The smallest absolute Gasteiger partial charge is 0.210 e. The number of anilines is 1. The SMILES string of the molecule is COc1c(N)cccc1S(=O)(=O)c1ccccc1. The van der Waals surface area contributed by atoms with Crippen LogP contribution in [0.1, 0.15) is 0 Å². The molecule has 2 rings (SSSR count). The molecule has 0 aliphatic rings. The van der Waals surface area contributed by atoms with E-state index in [2.05, 4.69) is 0 Å². The minimum absolute atomic E-state index is 0.0798. The van der Waals surface area contributed by atoms with Crippen LogP contribution < -0.4 is 10.5 Å². The summed E-state index contributed by atoms with van der Waals surface area (Å²) in [6.07, 6.45) is 0. The van der Waals surface area contributed by atoms with Crippen molar-refractivity contribution in [2.75, 3.05) is 12.8 Å². The zero-order chi connectivity index (χ0) is 13.2. The van der Waals surface area contributed by atoms with Gasteiger partial charge in [0.15, 0.2) is 5.75 Å². The average Bonchev–Trinajstić information content (AvgIpc) is 2.39. The topological polar surface area (TPSA) is 69.4 Å². The predicted octanol–water partition coefficient (Wildman–Crippen LogP) is 2.11. The molecule has 0 amide bonds. The first-order chi connectivity index (χ1) is 8.57. The molecule has 0 saturated heterocycles. The molecule has 18 heavy (non-hydrogen) atoms. The molecular formula is C13H13NO3S. The maximum atomic E-state index is 12.4. The Morgan fingerprint density at radius 2 is 1.67 bits per heavy atom. The summed E-state index contributed by atoms with van der Waals surface area (Å²) in [7, 11) is -2.21. The fraction of sp³-hybridized carbons (Fsp3) is 0.0769. The fourth-order valence-electron chi connectivity index (χ4n) is 1.69. The summed E-state index contributed by atoms with van der Waals surface area (Å²) in [6.45, 7) is 0. The van der Waals surface area contributed by atoms with E-state index in [1.54, 1.807) is 30.3 Å². The molecule has 0 aliphatic carbocycles. The minimum Gasteiger partial charge on any atom is -0.493 e. The Balaban J connectivity index is 2.66. The highest BCUT2D eigenvalue weighted by Crippen LogP contribution is 2.33. The van der Waals surface area contributed by atoms with Crippen LogP contribution in [0.25, 0.3) is 0 Å². The van der Waals surface area contributed by atoms with Gasteiger partial charge in [-0.05, 0) is 24.3 Å². The van der Waals surface area contributed by atoms with Crippen LogP contribution in [-0.4, -0.2) is 15.5 Å². The lowest BCUT2D eigenvalue weighted by Gasteiger charge is -2.11. The first-order valence-corrected chi connectivity index (χ1v) is 6.78. The molecule has 2 aromatic carbocycles. The second kappa shape index (κ2) is 4.70. The molecule has 0 bridgehead atoms. The minimum atomic E-state index is -3.61. The van der Waals surface area contributed by atoms with Gasteiger partial charge in [0, 0.05) is 0 Å². The lowest BCUT2D eigenvalue weighted by molar-refractivity contribution is 0.405. The Labute approximate surface area is 106 Å². The number of nitrogen functional groups attached to an aromatic ring is 1. The van der Waals surface area contributed by atoms with Crippen LogP contribution in [0.4, 0.5) is 5.69 Å². The van der Waals surface area contributed by atoms with Crippen molar-refractivity contribution in [2.24, 2.45) is 0 Å². The predicted molar refractivity (Wildman–Crippen MR) is 69.3 cm³/mol. The number of nitrogens with two attached hydrogens (primary N) is 1. The number of para-hydroxylation sites is 1. The summed E-state index contributed by atoms with van der Waals surface area (Å²) in [5.41, 5.74) is 6.02. The molecule has 0 aliphatic heterocycles. The summed E-state index contributed by atoms with van der Waals surface area (Å²) in [4.78, 5) is 0.296. The average molecular weight is 263 g/mol. The van der Waals surface area contributed by atoms with Crippen molar-refractivity contribution >= 4 is 15.5 Å². The maximum absolute atomic E-state index is 12.4. The first-order valence-electron chi connectivity index (χ1n) is 5.30. The lowest BCUT2D eigenvalue weighted by Crippen LogP contribution is -2.05. The number of benzene rings is 2. The summed E-state index contributed by atoms with van der Waals surface area (Å²) in [5, 5.41) is 0. The molecule has 0 atom stereocenters. The summed E-state index contributed by atoms with van der Waals surface area (Å²) < 4.78 is 29.9. The van der Waals surface area contributed by atoms with Gasteiger partial charge in [0.1, 0.15) is 4.90 Å². The Kier molecular flexibility index (Phi) is 3.25. The molecule has 0 unspecified atom stereocenters. The van der Waals surface area contributed by atoms with E-state index in [0.29, 0.717) is 5.69 Å². The van der Waals surface area contributed by atoms with Gasteiger partial charge >= 0.3 is 0 Å². The maximum Gasteiger partial charge on any atom is 0.210 e. The molecule has 2 N–H and O–H groups in total. The van der Waals surface area contributed by atoms with Gasteiger partial charge in [-0.25, -0.2) is 8.42 Å². The molecule has 2 aromatic rings. The van der Waals surface area contributed by atoms with E-state index < -0.39 is 9.84 Å². The van der Waals surface area contributed by atoms with Crippen molar-refractivity contribution in [1.82, 2.24) is 0 Å². The molecular weight excluding hydrogens is 250 g/mol. The largest absolute Gasteiger partial charge is 0.493 e. The van der Waals surface area contributed by atoms with Crippen molar-refractivity contribution < 1.29 is 13.2 Å². The van der Waals surface area contributed by atoms with Gasteiger partial charge in [-0.2, -0.15) is 0 Å². The fourth-order valence-corrected chi connectivity index (χ4v) is 3.16. The van der Waals surface area contributed by atoms with Gasteiger partial charge in [0.25, 0.3) is 0 Å². The Morgan fingerprint density at radius 3 is 2.28 bits per heavy atom. The highest BCUT2D eigenvalue weighted by molar-refractivity contribution is 7.91. The number of rotatable bonds is 3. The van der Waals surface area contributed by atoms with Gasteiger partial charge in [-0.1, -0.05) is 24.3 Å².